The van der Waals surface area contributed by atoms with Crippen LogP contribution in [0.3, 0.4) is 0 Å². The number of urea groups is 1. The summed E-state index contributed by atoms with van der Waals surface area (Å²) in [6.07, 6.45) is 0. The molecule has 3 atom stereocenters. The summed E-state index contributed by atoms with van der Waals surface area (Å²) in [5.74, 6) is -1.13. The van der Waals surface area contributed by atoms with Gasteiger partial charge in [-0.25, -0.2) is 13.6 Å². The highest BCUT2D eigenvalue weighted by molar-refractivity contribution is 5.93. The first-order valence-electron chi connectivity index (χ1n) is 11.0. The van der Waals surface area contributed by atoms with Gasteiger partial charge in [-0.3, -0.25) is 4.79 Å². The van der Waals surface area contributed by atoms with E-state index in [1.807, 2.05) is 24.3 Å². The molecule has 2 aliphatic rings. The maximum absolute atomic E-state index is 13.5. The number of nitrogens with zero attached hydrogens (tertiary/aromatic N) is 2. The fourth-order valence-electron chi connectivity index (χ4n) is 4.96. The lowest BCUT2D eigenvalue weighted by molar-refractivity contribution is -0.159. The molecule has 0 aromatic heterocycles. The van der Waals surface area contributed by atoms with Crippen LogP contribution in [0.5, 0.6) is 0 Å². The third-order valence-corrected chi connectivity index (χ3v) is 6.59. The average molecular weight is 463 g/mol. The van der Waals surface area contributed by atoms with Gasteiger partial charge in [-0.1, -0.05) is 42.5 Å². The van der Waals surface area contributed by atoms with Crippen molar-refractivity contribution in [2.75, 3.05) is 25.0 Å². The van der Waals surface area contributed by atoms with Crippen LogP contribution >= 0.6 is 0 Å². The van der Waals surface area contributed by atoms with Gasteiger partial charge in [0.05, 0.1) is 18.7 Å². The standard InChI is InChI=1S/C26H23F2N3O3/c27-19-10-8-17(9-11-19)16-4-6-18(7-5-16)25-22-13-30(14-24(33)31(22)23(25)15-32)26(34)29-21-3-1-2-20(28)12-21/h1-12,22-23,25,32H,13-15H2,(H,29,34)/t22-,23+,25-/m0/s1. The van der Waals surface area contributed by atoms with Gasteiger partial charge in [0.2, 0.25) is 5.91 Å². The van der Waals surface area contributed by atoms with Crippen LogP contribution in [-0.2, 0) is 4.79 Å². The molecule has 6 nitrogen and oxygen atoms in total. The van der Waals surface area contributed by atoms with Crippen molar-refractivity contribution in [1.29, 1.82) is 0 Å². The predicted octanol–water partition coefficient (Wildman–Crippen LogP) is 3.83. The minimum atomic E-state index is -0.476. The van der Waals surface area contributed by atoms with Gasteiger partial charge in [-0.2, -0.15) is 0 Å². The molecule has 2 fully saturated rings. The molecule has 3 aromatic rings. The van der Waals surface area contributed by atoms with Gasteiger partial charge in [0.25, 0.3) is 0 Å². The van der Waals surface area contributed by atoms with E-state index < -0.39 is 11.8 Å². The number of piperazine rings is 1. The number of carbonyl (C=O) groups excluding carboxylic acids is 2. The van der Waals surface area contributed by atoms with Crippen molar-refractivity contribution in [2.24, 2.45) is 0 Å². The number of carbonyl (C=O) groups is 2. The number of halogens is 2. The lowest BCUT2D eigenvalue weighted by Crippen LogP contribution is -2.73. The van der Waals surface area contributed by atoms with Gasteiger partial charge >= 0.3 is 6.03 Å². The Kier molecular flexibility index (Phi) is 5.75. The summed E-state index contributed by atoms with van der Waals surface area (Å²) < 4.78 is 26.7. The number of benzene rings is 3. The molecular formula is C26H23F2N3O3. The average Bonchev–Trinajstić information content (AvgIpc) is 2.81. The van der Waals surface area contributed by atoms with Gasteiger partial charge in [0.1, 0.15) is 18.2 Å². The normalized spacial score (nSPS) is 21.6. The molecule has 0 spiro atoms. The number of aliphatic hydroxyl groups excluding tert-OH is 1. The molecule has 2 aliphatic heterocycles. The Morgan fingerprint density at radius 2 is 1.65 bits per heavy atom. The highest BCUT2D eigenvalue weighted by atomic mass is 19.1. The van der Waals surface area contributed by atoms with Gasteiger partial charge in [-0.05, 0) is 47.0 Å². The first kappa shape index (κ1) is 22.0. The van der Waals surface area contributed by atoms with Crippen molar-refractivity contribution >= 4 is 17.6 Å². The molecule has 0 saturated carbocycles. The van der Waals surface area contributed by atoms with Gasteiger partial charge in [-0.15, -0.1) is 0 Å². The van der Waals surface area contributed by atoms with Gasteiger partial charge in [0, 0.05) is 18.2 Å². The van der Waals surface area contributed by atoms with Crippen LogP contribution in [0.15, 0.2) is 72.8 Å². The van der Waals surface area contributed by atoms with E-state index in [-0.39, 0.29) is 42.9 Å². The van der Waals surface area contributed by atoms with Crippen LogP contribution in [0.1, 0.15) is 11.5 Å². The van der Waals surface area contributed by atoms with Crippen molar-refractivity contribution in [3.8, 4) is 11.1 Å². The van der Waals surface area contributed by atoms with Crippen molar-refractivity contribution in [1.82, 2.24) is 9.80 Å². The van der Waals surface area contributed by atoms with E-state index in [1.54, 1.807) is 23.1 Å². The van der Waals surface area contributed by atoms with Crippen LogP contribution in [0, 0.1) is 11.6 Å². The fourth-order valence-corrected chi connectivity index (χ4v) is 4.96. The number of aliphatic hydroxyl groups is 1. The molecule has 0 aliphatic carbocycles. The molecule has 5 rings (SSSR count). The quantitative estimate of drug-likeness (QED) is 0.618. The van der Waals surface area contributed by atoms with E-state index in [2.05, 4.69) is 5.32 Å². The second kappa shape index (κ2) is 8.87. The zero-order chi connectivity index (χ0) is 23.8. The van der Waals surface area contributed by atoms with E-state index in [0.717, 1.165) is 16.7 Å². The lowest BCUT2D eigenvalue weighted by Gasteiger charge is -2.58. The number of fused-ring (bicyclic) bond motifs is 1. The molecule has 0 unspecified atom stereocenters. The van der Waals surface area contributed by atoms with E-state index in [9.17, 15) is 23.5 Å². The first-order valence-corrected chi connectivity index (χ1v) is 11.0. The molecule has 174 valence electrons. The van der Waals surface area contributed by atoms with Crippen molar-refractivity contribution in [2.45, 2.75) is 18.0 Å². The van der Waals surface area contributed by atoms with Gasteiger partial charge in [0.15, 0.2) is 0 Å². The number of amides is 3. The Balaban J connectivity index is 1.34. The Morgan fingerprint density at radius 1 is 0.971 bits per heavy atom. The topological polar surface area (TPSA) is 72.9 Å². The molecule has 3 amide bonds. The largest absolute Gasteiger partial charge is 0.394 e. The lowest BCUT2D eigenvalue weighted by atomic mass is 9.73. The molecule has 0 bridgehead atoms. The van der Waals surface area contributed by atoms with Gasteiger partial charge < -0.3 is 20.2 Å². The molecule has 3 aromatic carbocycles. The second-order valence-corrected chi connectivity index (χ2v) is 8.59. The minimum absolute atomic E-state index is 0.107. The maximum Gasteiger partial charge on any atom is 0.322 e. The van der Waals surface area contributed by atoms with Crippen molar-refractivity contribution in [3.63, 3.8) is 0 Å². The monoisotopic (exact) mass is 463 g/mol. The molecule has 2 heterocycles. The molecule has 2 saturated heterocycles. The van der Waals surface area contributed by atoms with E-state index >= 15 is 0 Å². The summed E-state index contributed by atoms with van der Waals surface area (Å²) in [6.45, 7) is 0.0141. The molecule has 2 N–H and O–H groups in total. The van der Waals surface area contributed by atoms with E-state index in [4.69, 9.17) is 0 Å². The summed E-state index contributed by atoms with van der Waals surface area (Å²) in [4.78, 5) is 28.6. The summed E-state index contributed by atoms with van der Waals surface area (Å²) in [7, 11) is 0. The van der Waals surface area contributed by atoms with Crippen LogP contribution in [0.2, 0.25) is 0 Å². The Bertz CT molecular complexity index is 1220. The number of anilines is 1. The number of hydrogen-bond acceptors (Lipinski definition) is 3. The van der Waals surface area contributed by atoms with E-state index in [0.29, 0.717) is 12.2 Å². The van der Waals surface area contributed by atoms with Crippen molar-refractivity contribution < 1.29 is 23.5 Å². The summed E-state index contributed by atoms with van der Waals surface area (Å²) in [5.41, 5.74) is 3.08. The highest BCUT2D eigenvalue weighted by Gasteiger charge is 2.54. The maximum atomic E-state index is 13.5. The molecule has 34 heavy (non-hydrogen) atoms. The number of rotatable bonds is 4. The fraction of sp³-hybridized carbons (Fsp3) is 0.231. The molecule has 0 radical (unpaired) electrons. The third kappa shape index (κ3) is 4.01. The number of hydrogen-bond donors (Lipinski definition) is 2. The van der Waals surface area contributed by atoms with Crippen LogP contribution in [0.4, 0.5) is 19.3 Å². The summed E-state index contributed by atoms with van der Waals surface area (Å²) in [6, 6.07) is 18.5. The molecule has 8 heteroatoms. The molecular weight excluding hydrogens is 440 g/mol. The zero-order valence-corrected chi connectivity index (χ0v) is 18.2. The Morgan fingerprint density at radius 3 is 2.29 bits per heavy atom. The summed E-state index contributed by atoms with van der Waals surface area (Å²) >= 11 is 0. The number of nitrogens with one attached hydrogen (secondary N) is 1. The second-order valence-electron chi connectivity index (χ2n) is 8.59. The van der Waals surface area contributed by atoms with Crippen molar-refractivity contribution in [3.05, 3.63) is 90.0 Å². The Hall–Kier alpha value is -3.78. The third-order valence-electron chi connectivity index (χ3n) is 6.59. The Labute approximate surface area is 195 Å². The highest BCUT2D eigenvalue weighted by Crippen LogP contribution is 2.43. The zero-order valence-electron chi connectivity index (χ0n) is 18.2. The predicted molar refractivity (Wildman–Crippen MR) is 123 cm³/mol. The smallest absolute Gasteiger partial charge is 0.322 e. The van der Waals surface area contributed by atoms with Crippen LogP contribution in [0.25, 0.3) is 11.1 Å². The van der Waals surface area contributed by atoms with E-state index in [1.165, 1.54) is 35.2 Å². The van der Waals surface area contributed by atoms with Crippen LogP contribution < -0.4 is 5.32 Å². The minimum Gasteiger partial charge on any atom is -0.394 e. The SMILES string of the molecule is O=C(Nc1cccc(F)c1)N1CC(=O)N2[C@H](CO)[C@@H](c3ccc(-c4ccc(F)cc4)cc3)[C@@H]2C1. The first-order chi connectivity index (χ1) is 16.4. The van der Waals surface area contributed by atoms with Crippen LogP contribution in [-0.4, -0.2) is 58.6 Å². The summed E-state index contributed by atoms with van der Waals surface area (Å²) in [5, 5.41) is 12.6.